The van der Waals surface area contributed by atoms with Gasteiger partial charge in [-0.05, 0) is 152 Å². The average Bonchev–Trinajstić information content (AvgIpc) is 4.14. The highest BCUT2D eigenvalue weighted by Gasteiger charge is 2.43. The Kier molecular flexibility index (Phi) is 13.8. The van der Waals surface area contributed by atoms with Crippen LogP contribution in [0.5, 0.6) is 17.2 Å². The number of allylic oxidation sites excluding steroid dienone is 1. The van der Waals surface area contributed by atoms with Gasteiger partial charge in [-0.1, -0.05) is 120 Å². The number of Topliss-reactive ketones (excluding diaryl/α,β-unsaturated/α-hetero) is 2. The highest BCUT2D eigenvalue weighted by Crippen LogP contribution is 2.52. The monoisotopic (exact) mass is 963 g/mol. The molecule has 1 saturated carbocycles. The third-order valence-electron chi connectivity index (χ3n) is 16.5. The molecule has 7 unspecified atom stereocenters. The summed E-state index contributed by atoms with van der Waals surface area (Å²) in [5.41, 5.74) is 11.3. The molecule has 372 valence electrons. The number of nitrogens with one attached hydrogen (secondary N) is 1. The molecule has 6 aromatic rings. The number of aromatic hydroxyl groups is 2. The number of fused-ring (bicyclic) bond motifs is 14. The largest absolute Gasteiger partial charge is 0.664 e. The van der Waals surface area contributed by atoms with Crippen LogP contribution in [0, 0.1) is 17.8 Å². The number of H-pyrrole nitrogens is 1. The number of nitrogens with zero attached hydrogens (tertiary/aromatic N) is 2. The Balaban J connectivity index is 1.03. The third-order valence-corrected chi connectivity index (χ3v) is 16.5. The number of hydrogen-bond donors (Lipinski definition) is 5. The summed E-state index contributed by atoms with van der Waals surface area (Å²) < 4.78 is 6.55. The smallest absolute Gasteiger partial charge is 0.161 e. The molecule has 1 aliphatic heterocycles. The second-order valence-electron chi connectivity index (χ2n) is 21.1. The molecule has 5 N–H and O–H groups in total. The zero-order valence-electron chi connectivity index (χ0n) is 40.9. The van der Waals surface area contributed by atoms with Gasteiger partial charge in [-0.3, -0.25) is 9.59 Å². The van der Waals surface area contributed by atoms with Crippen LogP contribution in [-0.4, -0.2) is 61.8 Å². The molecule has 11 rings (SSSR count). The van der Waals surface area contributed by atoms with E-state index in [0.29, 0.717) is 56.3 Å². The van der Waals surface area contributed by atoms with E-state index < -0.39 is 24.0 Å². The van der Waals surface area contributed by atoms with Gasteiger partial charge in [0.15, 0.2) is 17.3 Å². The number of aliphatic hydroxyl groups is 2. The molecule has 4 aliphatic carbocycles. The predicted octanol–water partition coefficient (Wildman–Crippen LogP) is 11.3. The van der Waals surface area contributed by atoms with Gasteiger partial charge < -0.3 is 40.4 Å². The van der Waals surface area contributed by atoms with E-state index in [2.05, 4.69) is 47.5 Å². The zero-order valence-corrected chi connectivity index (χ0v) is 40.9. The number of hydrogen-bond acceptors (Lipinski definition) is 7. The first kappa shape index (κ1) is 47.7. The molecule has 10 nitrogen and oxygen atoms in total. The number of carbonyl (C=O) groups excluding carboxylic acids is 2. The molecule has 0 spiro atoms. The van der Waals surface area contributed by atoms with Crippen molar-refractivity contribution in [3.05, 3.63) is 182 Å². The summed E-state index contributed by atoms with van der Waals surface area (Å²) in [7, 11) is 0. The number of aliphatic hydroxyl groups excluding tert-OH is 2. The first-order chi connectivity index (χ1) is 35.2. The van der Waals surface area contributed by atoms with E-state index in [1.807, 2.05) is 73.1 Å². The van der Waals surface area contributed by atoms with Crippen molar-refractivity contribution in [1.29, 1.82) is 0 Å². The van der Waals surface area contributed by atoms with E-state index in [9.17, 15) is 25.2 Å². The van der Waals surface area contributed by atoms with Crippen molar-refractivity contribution in [2.45, 2.75) is 126 Å². The number of carbonyl (C=O) groups is 2. The number of phenolic OH excluding ortho intramolecular Hbond substituents is 2. The molecule has 3 heterocycles. The van der Waals surface area contributed by atoms with Gasteiger partial charge in [0.05, 0.1) is 18.1 Å². The first-order valence-electron chi connectivity index (χ1n) is 26.4. The van der Waals surface area contributed by atoms with E-state index in [1.54, 1.807) is 6.07 Å². The molecular weight excluding hydrogens is 899 g/mol. The summed E-state index contributed by atoms with van der Waals surface area (Å²) in [5, 5.41) is 50.8. The van der Waals surface area contributed by atoms with Gasteiger partial charge in [0.2, 0.25) is 0 Å². The molecule has 2 aromatic heterocycles. The molecule has 6 bridgehead atoms. The van der Waals surface area contributed by atoms with Crippen LogP contribution in [0.4, 0.5) is 5.82 Å². The van der Waals surface area contributed by atoms with Crippen molar-refractivity contribution in [3.63, 3.8) is 0 Å². The number of aromatic nitrogens is 2. The summed E-state index contributed by atoms with van der Waals surface area (Å²) in [5.74, 6) is -1.11. The van der Waals surface area contributed by atoms with Crippen LogP contribution in [-0.2, 0) is 41.7 Å². The summed E-state index contributed by atoms with van der Waals surface area (Å²) in [4.78, 5) is 39.1. The average molecular weight is 964 g/mol. The number of aryl methyl sites for hydroxylation is 2. The van der Waals surface area contributed by atoms with Crippen LogP contribution in [0.3, 0.4) is 0 Å². The van der Waals surface area contributed by atoms with E-state index in [-0.39, 0.29) is 66.4 Å². The van der Waals surface area contributed by atoms with Crippen LogP contribution in [0.1, 0.15) is 137 Å². The first-order valence-corrected chi connectivity index (χ1v) is 26.4. The standard InChI is InChI=1S/C62H65N3O7/c66-28-25-50-57(69)22-16-40-30-43(60(70)58(34-40)72-45-10-4-5-11-45)29-39-14-18-42(35-44(67)31-37-7-2-1-3-8-37)51(33-39)47-20-21-54(65-62-49(47)24-27-64-62)53-36-55-48(23-26-63-55)52(59(53)61(50)71)32-38-13-17-41-9-6-12-56(68)46(41)19-15-38/h1-3,6-9,12,14-15,18-19,23-24,26-27,30,33-34,36,38,44-45,47,50,52,54,59,64,66-68,70H,4-5,10-11,13,16-17,20-22,25,28-29,31-32,35H2/q-2. The molecule has 0 amide bonds. The second kappa shape index (κ2) is 20.8. The molecule has 4 aromatic carbocycles. The van der Waals surface area contributed by atoms with E-state index >= 15 is 4.79 Å². The van der Waals surface area contributed by atoms with Gasteiger partial charge in [-0.2, -0.15) is 6.20 Å². The van der Waals surface area contributed by atoms with Gasteiger partial charge in [-0.15, -0.1) is 5.69 Å². The van der Waals surface area contributed by atoms with Gasteiger partial charge in [0.25, 0.3) is 0 Å². The second-order valence-corrected chi connectivity index (χ2v) is 21.1. The lowest BCUT2D eigenvalue weighted by Gasteiger charge is -2.41. The van der Waals surface area contributed by atoms with Crippen molar-refractivity contribution < 1.29 is 34.8 Å². The van der Waals surface area contributed by atoms with Crippen LogP contribution in [0.25, 0.3) is 17.5 Å². The number of ketones is 2. The summed E-state index contributed by atoms with van der Waals surface area (Å²) in [6.07, 6.45) is 18.6. The number of phenols is 2. The van der Waals surface area contributed by atoms with Crippen molar-refractivity contribution in [2.24, 2.45) is 17.8 Å². The van der Waals surface area contributed by atoms with E-state index in [0.717, 1.165) is 106 Å². The van der Waals surface area contributed by atoms with Gasteiger partial charge in [0, 0.05) is 42.4 Å². The highest BCUT2D eigenvalue weighted by molar-refractivity contribution is 6.05. The lowest BCUT2D eigenvalue weighted by molar-refractivity contribution is -0.135. The molecule has 0 saturated heterocycles. The van der Waals surface area contributed by atoms with Crippen LogP contribution < -0.4 is 9.72 Å². The Bertz CT molecular complexity index is 2990. The Labute approximate surface area is 422 Å². The van der Waals surface area contributed by atoms with Crippen LogP contribution >= 0.6 is 0 Å². The number of rotatable bonds is 10. The topological polar surface area (TPSA) is 168 Å². The SMILES string of the molecule is O=C1CCc2cc(c(O)c(OC3CCCC3)c2)Cc2ccc(CC(O)Cc3ccccc3)c(c2)C2CCC([N-]c3[nH]ccc32)C2=Cc3[n-]ccc3C(CC3C=Cc4c(O)cccc4CC3)C2C(=O)C1CCO. The van der Waals surface area contributed by atoms with Crippen molar-refractivity contribution in [3.8, 4) is 17.2 Å². The minimum Gasteiger partial charge on any atom is -0.664 e. The zero-order chi connectivity index (χ0) is 49.3. The molecule has 5 aliphatic rings. The maximum Gasteiger partial charge on any atom is 0.161 e. The Morgan fingerprint density at radius 3 is 2.50 bits per heavy atom. The quantitative estimate of drug-likeness (QED) is 0.0846. The number of aromatic amines is 1. The van der Waals surface area contributed by atoms with Crippen LogP contribution in [0.2, 0.25) is 0 Å². The summed E-state index contributed by atoms with van der Waals surface area (Å²) >= 11 is 0. The highest BCUT2D eigenvalue weighted by atomic mass is 16.5. The minimum absolute atomic E-state index is 0.00722. The summed E-state index contributed by atoms with van der Waals surface area (Å²) in [6, 6.07) is 29.8. The lowest BCUT2D eigenvalue weighted by Crippen LogP contribution is -2.39. The molecule has 1 fully saturated rings. The van der Waals surface area contributed by atoms with Gasteiger partial charge in [-0.25, -0.2) is 0 Å². The van der Waals surface area contributed by atoms with E-state index in [4.69, 9.17) is 15.0 Å². The fraction of sp³-hybridized carbons (Fsp3) is 0.387. The Morgan fingerprint density at radius 1 is 0.792 bits per heavy atom. The predicted molar refractivity (Wildman–Crippen MR) is 280 cm³/mol. The fourth-order valence-corrected chi connectivity index (χ4v) is 12.8. The Hall–Kier alpha value is -6.62. The van der Waals surface area contributed by atoms with Gasteiger partial charge in [0.1, 0.15) is 11.5 Å². The normalized spacial score (nSPS) is 23.6. The molecule has 10 heteroatoms. The van der Waals surface area contributed by atoms with E-state index in [1.165, 1.54) is 0 Å². The number of benzene rings is 4. The third kappa shape index (κ3) is 9.83. The van der Waals surface area contributed by atoms with Crippen molar-refractivity contribution in [2.75, 3.05) is 6.61 Å². The van der Waals surface area contributed by atoms with Crippen molar-refractivity contribution >= 4 is 29.5 Å². The Morgan fingerprint density at radius 2 is 1.65 bits per heavy atom. The van der Waals surface area contributed by atoms with Crippen LogP contribution in [0.15, 0.2) is 115 Å². The minimum atomic E-state index is -1.06. The van der Waals surface area contributed by atoms with Crippen molar-refractivity contribution in [1.82, 2.24) is 9.97 Å². The summed E-state index contributed by atoms with van der Waals surface area (Å²) in [6.45, 7) is -0.320. The molecule has 7 atom stereocenters. The maximum atomic E-state index is 15.9. The fourth-order valence-electron chi connectivity index (χ4n) is 12.8. The molecule has 72 heavy (non-hydrogen) atoms. The maximum absolute atomic E-state index is 15.9. The number of ether oxygens (including phenoxy) is 1. The van der Waals surface area contributed by atoms with Gasteiger partial charge >= 0.3 is 0 Å². The lowest BCUT2D eigenvalue weighted by atomic mass is 9.66. The molecular formula is C62H65N3O7-2. The molecule has 0 radical (unpaired) electrons.